The van der Waals surface area contributed by atoms with Crippen molar-refractivity contribution in [3.05, 3.63) is 71.9 Å². The molecular formula is C28H29N7O3S. The minimum absolute atomic E-state index is 0.184. The van der Waals surface area contributed by atoms with E-state index in [9.17, 15) is 4.79 Å². The highest BCUT2D eigenvalue weighted by Gasteiger charge is 2.22. The van der Waals surface area contributed by atoms with Crippen LogP contribution < -0.4 is 20.5 Å². The van der Waals surface area contributed by atoms with Crippen LogP contribution in [0.4, 0.5) is 0 Å². The van der Waals surface area contributed by atoms with Gasteiger partial charge in [-0.15, -0.1) is 11.3 Å². The number of nitrogens with zero attached hydrogens (tertiary/aromatic N) is 5. The monoisotopic (exact) mass is 543 g/mol. The van der Waals surface area contributed by atoms with E-state index in [-0.39, 0.29) is 6.10 Å². The Morgan fingerprint density at radius 2 is 2.00 bits per heavy atom. The molecule has 3 N–H and O–H groups in total. The van der Waals surface area contributed by atoms with Crippen molar-refractivity contribution in [2.45, 2.75) is 32.0 Å². The summed E-state index contributed by atoms with van der Waals surface area (Å²) in [6.45, 7) is 3.80. The Labute approximate surface area is 229 Å². The average molecular weight is 544 g/mol. The number of rotatable bonds is 8. The first-order valence-electron chi connectivity index (χ1n) is 12.8. The van der Waals surface area contributed by atoms with E-state index in [4.69, 9.17) is 15.2 Å². The molecule has 1 aromatic carbocycles. The van der Waals surface area contributed by atoms with E-state index >= 15 is 0 Å². The quantitative estimate of drug-likeness (QED) is 0.300. The predicted molar refractivity (Wildman–Crippen MR) is 149 cm³/mol. The van der Waals surface area contributed by atoms with Crippen molar-refractivity contribution in [3.8, 4) is 27.6 Å². The molecule has 0 radical (unpaired) electrons. The van der Waals surface area contributed by atoms with Crippen LogP contribution in [0.5, 0.6) is 11.5 Å². The van der Waals surface area contributed by atoms with Gasteiger partial charge in [-0.3, -0.25) is 19.0 Å². The van der Waals surface area contributed by atoms with Crippen LogP contribution >= 0.6 is 11.3 Å². The van der Waals surface area contributed by atoms with Crippen molar-refractivity contribution in [1.82, 2.24) is 29.6 Å². The fraction of sp³-hybridized carbons (Fsp3) is 0.286. The lowest BCUT2D eigenvalue weighted by molar-refractivity contribution is 0.0998. The predicted octanol–water partition coefficient (Wildman–Crippen LogP) is 4.25. The SMILES string of the molecule is CC(Oc1cc(-n2cnc3cc(-c4cnn(C)c4)ccc32)sc1C(N)=O)c1cc(OC2CCNCC2)ccn1. The number of hydrogen-bond donors (Lipinski definition) is 2. The number of aryl methyl sites for hydroxylation is 1. The van der Waals surface area contributed by atoms with Crippen molar-refractivity contribution in [3.63, 3.8) is 0 Å². The number of imidazole rings is 1. The van der Waals surface area contributed by atoms with E-state index in [0.717, 1.165) is 58.8 Å². The molecule has 39 heavy (non-hydrogen) atoms. The van der Waals surface area contributed by atoms with Gasteiger partial charge in [0.1, 0.15) is 39.9 Å². The van der Waals surface area contributed by atoms with E-state index in [1.54, 1.807) is 17.2 Å². The number of carbonyl (C=O) groups excluding carboxylic acids is 1. The minimum Gasteiger partial charge on any atom is -0.490 e. The van der Waals surface area contributed by atoms with E-state index in [0.29, 0.717) is 16.3 Å². The van der Waals surface area contributed by atoms with Crippen LogP contribution in [-0.4, -0.2) is 49.4 Å². The smallest absolute Gasteiger partial charge is 0.262 e. The molecule has 6 rings (SSSR count). The first-order valence-corrected chi connectivity index (χ1v) is 13.7. The van der Waals surface area contributed by atoms with Crippen LogP contribution in [0.15, 0.2) is 61.3 Å². The molecule has 0 saturated carbocycles. The van der Waals surface area contributed by atoms with Gasteiger partial charge < -0.3 is 20.5 Å². The number of amides is 1. The number of pyridine rings is 1. The number of primary amides is 1. The maximum absolute atomic E-state index is 12.3. The standard InChI is InChI=1S/C28H29N7O3S/c1-17(22-12-21(7-10-31-22)38-20-5-8-30-9-6-20)37-25-13-26(39-27(25)28(29)36)35-16-32-23-11-18(3-4-24(23)35)19-14-33-34(2)15-19/h3-4,7,10-17,20,30H,5-6,8-9H2,1-2H3,(H2,29,36). The van der Waals surface area contributed by atoms with Gasteiger partial charge in [-0.2, -0.15) is 5.10 Å². The molecule has 10 nitrogen and oxygen atoms in total. The largest absolute Gasteiger partial charge is 0.490 e. The first kappa shape index (κ1) is 25.1. The summed E-state index contributed by atoms with van der Waals surface area (Å²) in [5, 5.41) is 8.37. The third-order valence-corrected chi connectivity index (χ3v) is 7.92. The van der Waals surface area contributed by atoms with E-state index in [1.807, 2.05) is 67.3 Å². The highest BCUT2D eigenvalue weighted by molar-refractivity contribution is 7.16. The normalized spacial score (nSPS) is 14.9. The minimum atomic E-state index is -0.548. The summed E-state index contributed by atoms with van der Waals surface area (Å²) in [6.07, 6.45) is 8.94. The fourth-order valence-corrected chi connectivity index (χ4v) is 5.69. The summed E-state index contributed by atoms with van der Waals surface area (Å²) < 4.78 is 16.1. The number of benzene rings is 1. The molecule has 1 atom stereocenters. The first-order chi connectivity index (χ1) is 18.9. The number of nitrogens with two attached hydrogens (primary N) is 1. The number of aromatic nitrogens is 5. The Morgan fingerprint density at radius 1 is 1.15 bits per heavy atom. The fourth-order valence-electron chi connectivity index (χ4n) is 4.76. The second-order valence-electron chi connectivity index (χ2n) is 9.61. The van der Waals surface area contributed by atoms with Crippen LogP contribution in [0, 0.1) is 0 Å². The van der Waals surface area contributed by atoms with Gasteiger partial charge in [-0.05, 0) is 56.6 Å². The zero-order chi connectivity index (χ0) is 26.9. The summed E-state index contributed by atoms with van der Waals surface area (Å²) in [5.41, 5.74) is 10.2. The van der Waals surface area contributed by atoms with Crippen LogP contribution in [0.25, 0.3) is 27.2 Å². The number of carbonyl (C=O) groups is 1. The molecule has 11 heteroatoms. The molecule has 1 amide bonds. The van der Waals surface area contributed by atoms with Crippen LogP contribution in [0.1, 0.15) is 41.2 Å². The van der Waals surface area contributed by atoms with Crippen molar-refractivity contribution in [2.75, 3.05) is 13.1 Å². The third-order valence-electron chi connectivity index (χ3n) is 6.79. The van der Waals surface area contributed by atoms with Crippen molar-refractivity contribution in [1.29, 1.82) is 0 Å². The van der Waals surface area contributed by atoms with E-state index in [2.05, 4.69) is 20.4 Å². The molecule has 1 unspecified atom stereocenters. The summed E-state index contributed by atoms with van der Waals surface area (Å²) in [4.78, 5) is 21.8. The van der Waals surface area contributed by atoms with Gasteiger partial charge in [-0.1, -0.05) is 6.07 Å². The maximum Gasteiger partial charge on any atom is 0.262 e. The van der Waals surface area contributed by atoms with E-state index in [1.165, 1.54) is 11.3 Å². The Bertz CT molecular complexity index is 1630. The lowest BCUT2D eigenvalue weighted by Crippen LogP contribution is -2.34. The highest BCUT2D eigenvalue weighted by Crippen LogP contribution is 2.36. The number of thiophene rings is 1. The summed E-state index contributed by atoms with van der Waals surface area (Å²) in [6, 6.07) is 11.6. The van der Waals surface area contributed by atoms with Crippen LogP contribution in [0.3, 0.4) is 0 Å². The molecule has 0 spiro atoms. The van der Waals surface area contributed by atoms with Crippen molar-refractivity contribution in [2.24, 2.45) is 12.8 Å². The molecule has 5 aromatic rings. The molecular weight excluding hydrogens is 514 g/mol. The molecule has 1 saturated heterocycles. The summed E-state index contributed by atoms with van der Waals surface area (Å²) in [7, 11) is 1.89. The highest BCUT2D eigenvalue weighted by atomic mass is 32.1. The van der Waals surface area contributed by atoms with Gasteiger partial charge in [0.15, 0.2) is 0 Å². The Hall–Kier alpha value is -4.22. The van der Waals surface area contributed by atoms with Crippen molar-refractivity contribution >= 4 is 28.3 Å². The zero-order valence-electron chi connectivity index (χ0n) is 21.7. The van der Waals surface area contributed by atoms with Crippen molar-refractivity contribution < 1.29 is 14.3 Å². The molecule has 5 heterocycles. The lowest BCUT2D eigenvalue weighted by Gasteiger charge is -2.24. The molecule has 1 fully saturated rings. The summed E-state index contributed by atoms with van der Waals surface area (Å²) in [5.74, 6) is 0.627. The van der Waals surface area contributed by atoms with Gasteiger partial charge in [0.25, 0.3) is 5.91 Å². The van der Waals surface area contributed by atoms with Gasteiger partial charge in [-0.25, -0.2) is 4.98 Å². The zero-order valence-corrected chi connectivity index (χ0v) is 22.5. The molecule has 0 aliphatic carbocycles. The second-order valence-corrected chi connectivity index (χ2v) is 10.6. The number of piperidine rings is 1. The Morgan fingerprint density at radius 3 is 2.77 bits per heavy atom. The molecule has 1 aliphatic heterocycles. The Balaban J connectivity index is 1.25. The lowest BCUT2D eigenvalue weighted by atomic mass is 10.1. The van der Waals surface area contributed by atoms with Gasteiger partial charge in [0.05, 0.1) is 22.9 Å². The van der Waals surface area contributed by atoms with Crippen LogP contribution in [0.2, 0.25) is 0 Å². The summed E-state index contributed by atoms with van der Waals surface area (Å²) >= 11 is 1.27. The van der Waals surface area contributed by atoms with Gasteiger partial charge in [0, 0.05) is 37.1 Å². The third kappa shape index (κ3) is 5.23. The number of nitrogens with one attached hydrogen (secondary N) is 1. The molecule has 4 aromatic heterocycles. The topological polar surface area (TPSA) is 122 Å². The number of hydrogen-bond acceptors (Lipinski definition) is 8. The second kappa shape index (κ2) is 10.5. The molecule has 200 valence electrons. The Kier molecular flexibility index (Phi) is 6.76. The number of fused-ring (bicyclic) bond motifs is 1. The van der Waals surface area contributed by atoms with Gasteiger partial charge >= 0.3 is 0 Å². The van der Waals surface area contributed by atoms with E-state index < -0.39 is 12.0 Å². The van der Waals surface area contributed by atoms with Gasteiger partial charge in [0.2, 0.25) is 0 Å². The average Bonchev–Trinajstić information content (AvgIpc) is 3.67. The molecule has 1 aliphatic rings. The van der Waals surface area contributed by atoms with Crippen LogP contribution in [-0.2, 0) is 7.05 Å². The maximum atomic E-state index is 12.3. The molecule has 0 bridgehead atoms. The number of ether oxygens (including phenoxy) is 2.